The molecule has 0 saturated heterocycles. The highest BCUT2D eigenvalue weighted by atomic mass is 32.2. The molecule has 144 valence electrons. The molecule has 6 heteroatoms. The van der Waals surface area contributed by atoms with E-state index in [0.717, 1.165) is 17.4 Å². The number of benzene rings is 3. The van der Waals surface area contributed by atoms with Crippen molar-refractivity contribution in [3.63, 3.8) is 0 Å². The van der Waals surface area contributed by atoms with Crippen molar-refractivity contribution in [2.45, 2.75) is 23.3 Å². The van der Waals surface area contributed by atoms with E-state index in [1.165, 1.54) is 7.11 Å². The Hall–Kier alpha value is -3.12. The number of hydrogen-bond donors (Lipinski definition) is 0. The number of hydrogen-bond acceptors (Lipinski definition) is 5. The van der Waals surface area contributed by atoms with Crippen LogP contribution in [0.2, 0.25) is 0 Å². The average Bonchev–Trinajstić information content (AvgIpc) is 2.72. The number of aryl methyl sites for hydroxylation is 1. The Morgan fingerprint density at radius 2 is 1.46 bits per heavy atom. The Morgan fingerprint density at radius 1 is 0.857 bits per heavy atom. The van der Waals surface area contributed by atoms with E-state index >= 15 is 0 Å². The summed E-state index contributed by atoms with van der Waals surface area (Å²) in [7, 11) is -2.05. The van der Waals surface area contributed by atoms with Crippen LogP contribution in [0.1, 0.15) is 21.5 Å². The molecule has 3 aromatic rings. The van der Waals surface area contributed by atoms with Crippen molar-refractivity contribution >= 4 is 16.1 Å². The number of carbonyl (C=O) groups is 1. The number of sulfone groups is 1. The van der Waals surface area contributed by atoms with E-state index in [0.29, 0.717) is 17.1 Å². The van der Waals surface area contributed by atoms with Crippen molar-refractivity contribution in [3.8, 4) is 11.5 Å². The summed E-state index contributed by atoms with van der Waals surface area (Å²) in [6, 6.07) is 18.2. The van der Waals surface area contributed by atoms with Crippen molar-refractivity contribution < 1.29 is 22.7 Å². The fourth-order valence-corrected chi connectivity index (χ4v) is 3.92. The summed E-state index contributed by atoms with van der Waals surface area (Å²) in [5, 5.41) is 0. The molecule has 0 aromatic heterocycles. The van der Waals surface area contributed by atoms with Gasteiger partial charge in [-0.1, -0.05) is 29.8 Å². The molecule has 0 heterocycles. The molecule has 0 unspecified atom stereocenters. The van der Waals surface area contributed by atoms with E-state index < -0.39 is 9.84 Å². The molecular formula is C22H20O5S. The van der Waals surface area contributed by atoms with E-state index in [1.807, 2.05) is 6.92 Å². The SMILES string of the molecule is COc1cc(C=O)ccc1OCc1ccc(S(=O)(=O)c2ccc(C)cc2)cc1. The smallest absolute Gasteiger partial charge is 0.206 e. The van der Waals surface area contributed by atoms with Crippen LogP contribution in [0.25, 0.3) is 0 Å². The molecule has 28 heavy (non-hydrogen) atoms. The van der Waals surface area contributed by atoms with Crippen LogP contribution in [0.4, 0.5) is 0 Å². The van der Waals surface area contributed by atoms with Gasteiger partial charge in [0.1, 0.15) is 12.9 Å². The largest absolute Gasteiger partial charge is 0.493 e. The minimum Gasteiger partial charge on any atom is -0.493 e. The summed E-state index contributed by atoms with van der Waals surface area (Å²) in [4.78, 5) is 11.3. The van der Waals surface area contributed by atoms with Crippen molar-refractivity contribution in [2.24, 2.45) is 0 Å². The van der Waals surface area contributed by atoms with Gasteiger partial charge < -0.3 is 9.47 Å². The summed E-state index contributed by atoms with van der Waals surface area (Å²) in [5.41, 5.74) is 2.31. The summed E-state index contributed by atoms with van der Waals surface area (Å²) >= 11 is 0. The maximum absolute atomic E-state index is 12.7. The van der Waals surface area contributed by atoms with E-state index in [1.54, 1.807) is 66.7 Å². The lowest BCUT2D eigenvalue weighted by atomic mass is 10.2. The molecule has 0 radical (unpaired) electrons. The van der Waals surface area contributed by atoms with Crippen LogP contribution < -0.4 is 9.47 Å². The van der Waals surface area contributed by atoms with Gasteiger partial charge in [0.25, 0.3) is 0 Å². The number of methoxy groups -OCH3 is 1. The minimum absolute atomic E-state index is 0.230. The Balaban J connectivity index is 1.75. The van der Waals surface area contributed by atoms with Crippen LogP contribution >= 0.6 is 0 Å². The summed E-state index contributed by atoms with van der Waals surface area (Å²) in [6.07, 6.45) is 0.736. The molecule has 0 aliphatic heterocycles. The summed E-state index contributed by atoms with van der Waals surface area (Å²) in [5.74, 6) is 0.965. The van der Waals surface area contributed by atoms with Gasteiger partial charge in [0.15, 0.2) is 11.5 Å². The van der Waals surface area contributed by atoms with Crippen molar-refractivity contribution in [1.29, 1.82) is 0 Å². The number of carbonyl (C=O) groups excluding carboxylic acids is 1. The van der Waals surface area contributed by atoms with Gasteiger partial charge in [-0.05, 0) is 55.0 Å². The van der Waals surface area contributed by atoms with E-state index in [2.05, 4.69) is 0 Å². The Bertz CT molecular complexity index is 1070. The average molecular weight is 396 g/mol. The molecule has 3 rings (SSSR count). The standard InChI is InChI=1S/C22H20O5S/c1-16-3-8-19(9-4-16)28(24,25)20-10-5-17(6-11-20)15-27-21-12-7-18(14-23)13-22(21)26-2/h3-14H,15H2,1-2H3. The molecule has 0 amide bonds. The number of aldehydes is 1. The zero-order chi connectivity index (χ0) is 20.1. The van der Waals surface area contributed by atoms with E-state index in [4.69, 9.17) is 9.47 Å². The Kier molecular flexibility index (Phi) is 5.80. The molecular weight excluding hydrogens is 376 g/mol. The molecule has 0 aliphatic carbocycles. The lowest BCUT2D eigenvalue weighted by Crippen LogP contribution is -2.03. The van der Waals surface area contributed by atoms with Gasteiger partial charge in [-0.3, -0.25) is 4.79 Å². The van der Waals surface area contributed by atoms with Gasteiger partial charge in [0.2, 0.25) is 9.84 Å². The zero-order valence-electron chi connectivity index (χ0n) is 15.6. The quantitative estimate of drug-likeness (QED) is 0.559. The second kappa shape index (κ2) is 8.27. The topological polar surface area (TPSA) is 69.7 Å². The van der Waals surface area contributed by atoms with Crippen LogP contribution in [0.3, 0.4) is 0 Å². The van der Waals surface area contributed by atoms with Crippen molar-refractivity contribution in [3.05, 3.63) is 83.4 Å². The van der Waals surface area contributed by atoms with Gasteiger partial charge >= 0.3 is 0 Å². The second-order valence-electron chi connectivity index (χ2n) is 6.28. The van der Waals surface area contributed by atoms with E-state index in [-0.39, 0.29) is 16.4 Å². The van der Waals surface area contributed by atoms with Crippen molar-refractivity contribution in [2.75, 3.05) is 7.11 Å². The van der Waals surface area contributed by atoms with Gasteiger partial charge in [0, 0.05) is 5.56 Å². The van der Waals surface area contributed by atoms with Crippen molar-refractivity contribution in [1.82, 2.24) is 0 Å². The first-order valence-corrected chi connectivity index (χ1v) is 10.1. The molecule has 0 N–H and O–H groups in total. The highest BCUT2D eigenvalue weighted by molar-refractivity contribution is 7.91. The first-order chi connectivity index (χ1) is 13.4. The van der Waals surface area contributed by atoms with Crippen LogP contribution in [-0.4, -0.2) is 21.8 Å². The summed E-state index contributed by atoms with van der Waals surface area (Å²) < 4.78 is 36.4. The van der Waals surface area contributed by atoms with Crippen LogP contribution in [0, 0.1) is 6.92 Å². The molecule has 0 aliphatic rings. The molecule has 0 saturated carbocycles. The fourth-order valence-electron chi connectivity index (χ4n) is 2.66. The summed E-state index contributed by atoms with van der Waals surface area (Å²) in [6.45, 7) is 2.15. The lowest BCUT2D eigenvalue weighted by molar-refractivity contribution is 0.112. The molecule has 0 spiro atoms. The van der Waals surface area contributed by atoms with Crippen LogP contribution in [0.5, 0.6) is 11.5 Å². The van der Waals surface area contributed by atoms with Crippen LogP contribution in [0.15, 0.2) is 76.5 Å². The normalized spacial score (nSPS) is 11.1. The predicted molar refractivity (Wildman–Crippen MR) is 106 cm³/mol. The Labute approximate surface area is 164 Å². The monoisotopic (exact) mass is 396 g/mol. The molecule has 5 nitrogen and oxygen atoms in total. The highest BCUT2D eigenvalue weighted by Crippen LogP contribution is 2.28. The number of ether oxygens (including phenoxy) is 2. The Morgan fingerprint density at radius 3 is 2.04 bits per heavy atom. The molecule has 0 fully saturated rings. The maximum atomic E-state index is 12.7. The zero-order valence-corrected chi connectivity index (χ0v) is 16.4. The second-order valence-corrected chi connectivity index (χ2v) is 8.23. The first-order valence-electron chi connectivity index (χ1n) is 8.61. The number of rotatable bonds is 7. The van der Waals surface area contributed by atoms with Gasteiger partial charge in [0.05, 0.1) is 16.9 Å². The third-order valence-electron chi connectivity index (χ3n) is 4.28. The third-order valence-corrected chi connectivity index (χ3v) is 6.07. The highest BCUT2D eigenvalue weighted by Gasteiger charge is 2.17. The maximum Gasteiger partial charge on any atom is 0.206 e. The predicted octanol–water partition coefficient (Wildman–Crippen LogP) is 4.23. The molecule has 0 bridgehead atoms. The van der Waals surface area contributed by atoms with E-state index in [9.17, 15) is 13.2 Å². The third kappa shape index (κ3) is 4.23. The van der Waals surface area contributed by atoms with Crippen LogP contribution in [-0.2, 0) is 16.4 Å². The fraction of sp³-hybridized carbons (Fsp3) is 0.136. The van der Waals surface area contributed by atoms with Gasteiger partial charge in [-0.25, -0.2) is 8.42 Å². The first kappa shape index (κ1) is 19.6. The van der Waals surface area contributed by atoms with Gasteiger partial charge in [-0.2, -0.15) is 0 Å². The minimum atomic E-state index is -3.55. The molecule has 0 atom stereocenters. The lowest BCUT2D eigenvalue weighted by Gasteiger charge is -2.11. The molecule has 3 aromatic carbocycles. The van der Waals surface area contributed by atoms with Gasteiger partial charge in [-0.15, -0.1) is 0 Å².